The Morgan fingerprint density at radius 3 is 2.75 bits per heavy atom. The lowest BCUT2D eigenvalue weighted by Crippen LogP contribution is -2.26. The molecule has 2 aliphatic rings. The first kappa shape index (κ1) is 10.2. The Morgan fingerprint density at radius 1 is 1.12 bits per heavy atom. The lowest BCUT2D eigenvalue weighted by atomic mass is 10.0. The van der Waals surface area contributed by atoms with Crippen LogP contribution in [0.15, 0.2) is 16.5 Å². The van der Waals surface area contributed by atoms with Crippen molar-refractivity contribution in [3.63, 3.8) is 0 Å². The molecule has 88 valence electrons. The molecule has 0 amide bonds. The maximum Gasteiger partial charge on any atom is 0.195 e. The van der Waals surface area contributed by atoms with Gasteiger partial charge in [-0.15, -0.1) is 0 Å². The smallest absolute Gasteiger partial charge is 0.195 e. The van der Waals surface area contributed by atoms with Crippen LogP contribution >= 0.6 is 0 Å². The van der Waals surface area contributed by atoms with Crippen molar-refractivity contribution in [1.29, 1.82) is 0 Å². The molecule has 0 unspecified atom stereocenters. The van der Waals surface area contributed by atoms with E-state index in [4.69, 9.17) is 4.42 Å². The SMILES string of the molecule is c1cc(N2CCCC2)oc1[C@@H]1CCCCN1. The number of furan rings is 1. The van der Waals surface area contributed by atoms with Crippen LogP contribution in [0.3, 0.4) is 0 Å². The summed E-state index contributed by atoms with van der Waals surface area (Å²) < 4.78 is 5.97. The van der Waals surface area contributed by atoms with E-state index in [-0.39, 0.29) is 0 Å². The van der Waals surface area contributed by atoms with Crippen molar-refractivity contribution >= 4 is 5.88 Å². The molecule has 0 saturated carbocycles. The molecule has 16 heavy (non-hydrogen) atoms. The van der Waals surface area contributed by atoms with Gasteiger partial charge in [-0.05, 0) is 38.3 Å². The van der Waals surface area contributed by atoms with Crippen LogP contribution in [0.4, 0.5) is 5.88 Å². The molecule has 0 aliphatic carbocycles. The van der Waals surface area contributed by atoms with E-state index in [2.05, 4.69) is 22.3 Å². The Hall–Kier alpha value is -0.960. The van der Waals surface area contributed by atoms with E-state index in [9.17, 15) is 0 Å². The third-order valence-electron chi connectivity index (χ3n) is 3.68. The summed E-state index contributed by atoms with van der Waals surface area (Å²) in [5, 5.41) is 3.53. The van der Waals surface area contributed by atoms with E-state index < -0.39 is 0 Å². The predicted molar refractivity (Wildman–Crippen MR) is 64.7 cm³/mol. The van der Waals surface area contributed by atoms with Crippen LogP contribution in [-0.4, -0.2) is 19.6 Å². The minimum absolute atomic E-state index is 0.449. The fraction of sp³-hybridized carbons (Fsp3) is 0.692. The standard InChI is InChI=1S/C13H20N2O/c1-2-8-14-11(5-1)12-6-7-13(16-12)15-9-3-4-10-15/h6-7,11,14H,1-5,8-10H2/t11-/m0/s1. The number of nitrogens with zero attached hydrogens (tertiary/aromatic N) is 1. The van der Waals surface area contributed by atoms with E-state index in [1.54, 1.807) is 0 Å². The van der Waals surface area contributed by atoms with E-state index in [1.165, 1.54) is 32.1 Å². The number of rotatable bonds is 2. The predicted octanol–water partition coefficient (Wildman–Crippen LogP) is 2.69. The maximum atomic E-state index is 5.97. The van der Waals surface area contributed by atoms with E-state index >= 15 is 0 Å². The zero-order valence-corrected chi connectivity index (χ0v) is 9.74. The third-order valence-corrected chi connectivity index (χ3v) is 3.68. The molecule has 2 aliphatic heterocycles. The second-order valence-electron chi connectivity index (χ2n) is 4.87. The number of hydrogen-bond donors (Lipinski definition) is 1. The quantitative estimate of drug-likeness (QED) is 0.830. The van der Waals surface area contributed by atoms with Crippen LogP contribution in [0.5, 0.6) is 0 Å². The maximum absolute atomic E-state index is 5.97. The highest BCUT2D eigenvalue weighted by Crippen LogP contribution is 2.29. The summed E-state index contributed by atoms with van der Waals surface area (Å²) in [6.45, 7) is 3.44. The molecule has 3 rings (SSSR count). The van der Waals surface area contributed by atoms with Crippen molar-refractivity contribution in [2.75, 3.05) is 24.5 Å². The van der Waals surface area contributed by atoms with Crippen molar-refractivity contribution in [1.82, 2.24) is 5.32 Å². The van der Waals surface area contributed by atoms with E-state index in [1.807, 2.05) is 0 Å². The van der Waals surface area contributed by atoms with Gasteiger partial charge in [0.05, 0.1) is 6.04 Å². The summed E-state index contributed by atoms with van der Waals surface area (Å²) in [7, 11) is 0. The van der Waals surface area contributed by atoms with Gasteiger partial charge >= 0.3 is 0 Å². The van der Waals surface area contributed by atoms with Crippen molar-refractivity contribution < 1.29 is 4.42 Å². The third kappa shape index (κ3) is 1.96. The summed E-state index contributed by atoms with van der Waals surface area (Å²) >= 11 is 0. The second kappa shape index (κ2) is 4.50. The molecule has 0 aromatic carbocycles. The highest BCUT2D eigenvalue weighted by atomic mass is 16.4. The summed E-state index contributed by atoms with van der Waals surface area (Å²) in [6, 6.07) is 4.73. The highest BCUT2D eigenvalue weighted by Gasteiger charge is 2.20. The molecular weight excluding hydrogens is 200 g/mol. The van der Waals surface area contributed by atoms with Gasteiger partial charge in [-0.2, -0.15) is 0 Å². The number of piperidine rings is 1. The van der Waals surface area contributed by atoms with Gasteiger partial charge in [-0.25, -0.2) is 0 Å². The van der Waals surface area contributed by atoms with E-state index in [0.717, 1.165) is 31.3 Å². The van der Waals surface area contributed by atoms with Crippen LogP contribution < -0.4 is 10.2 Å². The highest BCUT2D eigenvalue weighted by molar-refractivity contribution is 5.38. The lowest BCUT2D eigenvalue weighted by Gasteiger charge is -2.21. The number of hydrogen-bond acceptors (Lipinski definition) is 3. The zero-order valence-electron chi connectivity index (χ0n) is 9.74. The Bertz CT molecular complexity index is 335. The molecule has 1 atom stereocenters. The van der Waals surface area contributed by atoms with Crippen LogP contribution in [-0.2, 0) is 0 Å². The molecule has 1 aromatic heterocycles. The van der Waals surface area contributed by atoms with Crippen LogP contribution in [0.25, 0.3) is 0 Å². The fourth-order valence-corrected chi connectivity index (χ4v) is 2.73. The number of nitrogens with one attached hydrogen (secondary N) is 1. The van der Waals surface area contributed by atoms with Gasteiger partial charge in [0.2, 0.25) is 0 Å². The molecular formula is C13H20N2O. The first-order valence-corrected chi connectivity index (χ1v) is 6.51. The van der Waals surface area contributed by atoms with Gasteiger partial charge in [0.25, 0.3) is 0 Å². The van der Waals surface area contributed by atoms with Crippen LogP contribution in [0.1, 0.15) is 43.9 Å². The van der Waals surface area contributed by atoms with Gasteiger partial charge in [0.1, 0.15) is 5.76 Å². The van der Waals surface area contributed by atoms with Gasteiger partial charge in [0.15, 0.2) is 5.88 Å². The summed E-state index contributed by atoms with van der Waals surface area (Å²) in [5.74, 6) is 2.20. The molecule has 1 N–H and O–H groups in total. The summed E-state index contributed by atoms with van der Waals surface area (Å²) in [6.07, 6.45) is 6.44. The molecule has 3 heterocycles. The normalized spacial score (nSPS) is 26.2. The zero-order chi connectivity index (χ0) is 10.8. The van der Waals surface area contributed by atoms with E-state index in [0.29, 0.717) is 6.04 Å². The molecule has 2 fully saturated rings. The Labute approximate surface area is 96.8 Å². The van der Waals surface area contributed by atoms with Gasteiger partial charge in [0, 0.05) is 19.2 Å². The summed E-state index contributed by atoms with van der Waals surface area (Å²) in [4.78, 5) is 2.35. The largest absolute Gasteiger partial charge is 0.444 e. The van der Waals surface area contributed by atoms with Gasteiger partial charge < -0.3 is 14.6 Å². The van der Waals surface area contributed by atoms with Crippen molar-refractivity contribution in [3.8, 4) is 0 Å². The Morgan fingerprint density at radius 2 is 2.00 bits per heavy atom. The molecule has 3 heteroatoms. The molecule has 2 saturated heterocycles. The Balaban J connectivity index is 1.71. The van der Waals surface area contributed by atoms with Crippen LogP contribution in [0.2, 0.25) is 0 Å². The van der Waals surface area contributed by atoms with Crippen LogP contribution in [0, 0.1) is 0 Å². The monoisotopic (exact) mass is 220 g/mol. The second-order valence-corrected chi connectivity index (χ2v) is 4.87. The molecule has 3 nitrogen and oxygen atoms in total. The van der Waals surface area contributed by atoms with Crippen molar-refractivity contribution in [3.05, 3.63) is 17.9 Å². The minimum Gasteiger partial charge on any atom is -0.444 e. The average molecular weight is 220 g/mol. The number of anilines is 1. The molecule has 1 aromatic rings. The molecule has 0 radical (unpaired) electrons. The van der Waals surface area contributed by atoms with Gasteiger partial charge in [-0.1, -0.05) is 6.42 Å². The lowest BCUT2D eigenvalue weighted by molar-refractivity contribution is 0.350. The first-order valence-electron chi connectivity index (χ1n) is 6.51. The molecule has 0 bridgehead atoms. The Kier molecular flexibility index (Phi) is 2.87. The topological polar surface area (TPSA) is 28.4 Å². The average Bonchev–Trinajstić information content (AvgIpc) is 3.01. The van der Waals surface area contributed by atoms with Crippen molar-refractivity contribution in [2.24, 2.45) is 0 Å². The van der Waals surface area contributed by atoms with Gasteiger partial charge in [-0.3, -0.25) is 0 Å². The molecule has 0 spiro atoms. The minimum atomic E-state index is 0.449. The fourth-order valence-electron chi connectivity index (χ4n) is 2.73. The first-order chi connectivity index (χ1) is 7.93. The summed E-state index contributed by atoms with van der Waals surface area (Å²) in [5.41, 5.74) is 0. The van der Waals surface area contributed by atoms with Crippen molar-refractivity contribution in [2.45, 2.75) is 38.1 Å².